The van der Waals surface area contributed by atoms with Crippen molar-refractivity contribution in [2.45, 2.75) is 6.61 Å². The molecule has 0 atom stereocenters. The number of thiocarbonyl (C=S) groups is 1. The van der Waals surface area contributed by atoms with Crippen molar-refractivity contribution in [2.75, 3.05) is 0 Å². The number of nitrogens with one attached hydrogen (secondary N) is 1. The number of aromatic nitrogens is 2. The van der Waals surface area contributed by atoms with Gasteiger partial charge in [0, 0.05) is 5.02 Å². The molecule has 1 aliphatic rings. The number of amides is 1. The zero-order valence-electron chi connectivity index (χ0n) is 17.5. The average Bonchev–Trinajstić information content (AvgIpc) is 3.16. The van der Waals surface area contributed by atoms with Crippen LogP contribution >= 0.6 is 35.6 Å². The second-order valence-corrected chi connectivity index (χ2v) is 9.53. The molecular weight excluding hydrogens is 490 g/mol. The highest BCUT2D eigenvalue weighted by Gasteiger charge is 2.21. The van der Waals surface area contributed by atoms with E-state index in [1.165, 1.54) is 16.3 Å². The van der Waals surface area contributed by atoms with Gasteiger partial charge in [-0.2, -0.15) is 0 Å². The molecule has 6 nitrogen and oxygen atoms in total. The van der Waals surface area contributed by atoms with Crippen LogP contribution in [0.3, 0.4) is 0 Å². The van der Waals surface area contributed by atoms with Gasteiger partial charge in [0.05, 0.1) is 21.5 Å². The van der Waals surface area contributed by atoms with E-state index in [4.69, 9.17) is 28.6 Å². The molecule has 168 valence electrons. The number of fused-ring (bicyclic) bond motifs is 1. The molecule has 0 radical (unpaired) electrons. The number of carbonyl (C=O) groups excluding carboxylic acids is 1. The first kappa shape index (κ1) is 22.3. The van der Waals surface area contributed by atoms with Crippen LogP contribution in [0.4, 0.5) is 0 Å². The Morgan fingerprint density at radius 3 is 2.47 bits per heavy atom. The lowest BCUT2D eigenvalue weighted by molar-refractivity contribution is -0.115. The van der Waals surface area contributed by atoms with Crippen LogP contribution < -0.4 is 15.6 Å². The molecule has 34 heavy (non-hydrogen) atoms. The second-order valence-electron chi connectivity index (χ2n) is 7.37. The molecule has 1 N–H and O–H groups in total. The first-order valence-corrected chi connectivity index (χ1v) is 11.8. The third-order valence-corrected chi connectivity index (χ3v) is 6.53. The topological polar surface area (TPSA) is 73.2 Å². The summed E-state index contributed by atoms with van der Waals surface area (Å²) in [5.74, 6) is 0.869. The summed E-state index contributed by atoms with van der Waals surface area (Å²) in [6, 6.07) is 21.5. The van der Waals surface area contributed by atoms with Gasteiger partial charge in [0.2, 0.25) is 0 Å². The van der Waals surface area contributed by atoms with Crippen molar-refractivity contribution in [2.24, 2.45) is 0 Å². The number of hydrogen-bond donors (Lipinski definition) is 1. The van der Waals surface area contributed by atoms with E-state index >= 15 is 0 Å². The maximum Gasteiger partial charge on any atom is 0.266 e. The van der Waals surface area contributed by atoms with Gasteiger partial charge in [-0.15, -0.1) is 0 Å². The number of nitrogens with zero attached hydrogens (tertiary/aromatic N) is 2. The fraction of sp³-hybridized carbons (Fsp3) is 0.0400. The highest BCUT2D eigenvalue weighted by Crippen LogP contribution is 2.26. The minimum atomic E-state index is -0.196. The van der Waals surface area contributed by atoms with Crippen LogP contribution in [0.1, 0.15) is 11.4 Å². The fourth-order valence-corrected chi connectivity index (χ4v) is 4.68. The molecule has 1 fully saturated rings. The Morgan fingerprint density at radius 2 is 1.76 bits per heavy atom. The van der Waals surface area contributed by atoms with E-state index in [1.807, 2.05) is 24.3 Å². The Labute approximate surface area is 209 Å². The summed E-state index contributed by atoms with van der Waals surface area (Å²) in [6.45, 7) is 0.0790. The zero-order chi connectivity index (χ0) is 23.7. The Balaban J connectivity index is 1.44. The SMILES string of the molecule is O=C1NC(=S)SC1=Cc1ccc(OCc2nc3ccccc3c(=O)n2-c2ccc(Cl)cc2)cc1. The van der Waals surface area contributed by atoms with Crippen LogP contribution in [0.15, 0.2) is 82.5 Å². The fourth-order valence-electron chi connectivity index (χ4n) is 3.51. The predicted octanol–water partition coefficient (Wildman–Crippen LogP) is 5.11. The van der Waals surface area contributed by atoms with Crippen molar-refractivity contribution in [3.63, 3.8) is 0 Å². The maximum absolute atomic E-state index is 13.3. The van der Waals surface area contributed by atoms with Crippen molar-refractivity contribution in [3.05, 3.63) is 104 Å². The van der Waals surface area contributed by atoms with Crippen molar-refractivity contribution >= 4 is 62.8 Å². The van der Waals surface area contributed by atoms with E-state index in [0.29, 0.717) is 42.4 Å². The summed E-state index contributed by atoms with van der Waals surface area (Å²) in [6.07, 6.45) is 1.77. The van der Waals surface area contributed by atoms with Crippen LogP contribution in [0.25, 0.3) is 22.7 Å². The van der Waals surface area contributed by atoms with Crippen molar-refractivity contribution in [1.82, 2.24) is 14.9 Å². The van der Waals surface area contributed by atoms with E-state index in [1.54, 1.807) is 54.6 Å². The van der Waals surface area contributed by atoms with Gasteiger partial charge in [-0.25, -0.2) is 4.98 Å². The zero-order valence-corrected chi connectivity index (χ0v) is 19.9. The van der Waals surface area contributed by atoms with Crippen LogP contribution in [-0.4, -0.2) is 19.8 Å². The first-order chi connectivity index (χ1) is 16.5. The predicted molar refractivity (Wildman–Crippen MR) is 139 cm³/mol. The van der Waals surface area contributed by atoms with Crippen molar-refractivity contribution in [1.29, 1.82) is 0 Å². The number of para-hydroxylation sites is 1. The van der Waals surface area contributed by atoms with Gasteiger partial charge in [-0.3, -0.25) is 14.2 Å². The normalized spacial score (nSPS) is 14.6. The van der Waals surface area contributed by atoms with Crippen LogP contribution in [-0.2, 0) is 11.4 Å². The summed E-state index contributed by atoms with van der Waals surface area (Å²) in [7, 11) is 0. The Kier molecular flexibility index (Phi) is 6.19. The highest BCUT2D eigenvalue weighted by atomic mass is 35.5. The third kappa shape index (κ3) is 4.61. The van der Waals surface area contributed by atoms with E-state index in [2.05, 4.69) is 10.3 Å². The molecule has 0 unspecified atom stereocenters. The highest BCUT2D eigenvalue weighted by molar-refractivity contribution is 8.26. The lowest BCUT2D eigenvalue weighted by Crippen LogP contribution is -2.25. The minimum Gasteiger partial charge on any atom is -0.486 e. The molecule has 1 amide bonds. The number of ether oxygens (including phenoxy) is 1. The summed E-state index contributed by atoms with van der Waals surface area (Å²) in [5.41, 5.74) is 1.91. The third-order valence-electron chi connectivity index (χ3n) is 5.12. The first-order valence-electron chi connectivity index (χ1n) is 10.2. The number of hydrogen-bond acceptors (Lipinski definition) is 6. The Hall–Kier alpha value is -3.46. The van der Waals surface area contributed by atoms with Crippen molar-refractivity contribution in [3.8, 4) is 11.4 Å². The van der Waals surface area contributed by atoms with Gasteiger partial charge >= 0.3 is 0 Å². The number of rotatable bonds is 5. The molecule has 0 saturated carbocycles. The number of benzene rings is 3. The van der Waals surface area contributed by atoms with Crippen LogP contribution in [0.5, 0.6) is 5.75 Å². The lowest BCUT2D eigenvalue weighted by atomic mass is 10.2. The summed E-state index contributed by atoms with van der Waals surface area (Å²) in [4.78, 5) is 30.4. The molecule has 1 aromatic heterocycles. The second kappa shape index (κ2) is 9.42. The molecule has 0 spiro atoms. The van der Waals surface area contributed by atoms with Gasteiger partial charge in [0.15, 0.2) is 5.82 Å². The summed E-state index contributed by atoms with van der Waals surface area (Å²) in [5, 5.41) is 3.69. The molecule has 5 rings (SSSR count). The smallest absolute Gasteiger partial charge is 0.266 e. The number of halogens is 1. The van der Waals surface area contributed by atoms with Gasteiger partial charge in [0.25, 0.3) is 11.5 Å². The average molecular weight is 506 g/mol. The summed E-state index contributed by atoms with van der Waals surface area (Å²) < 4.78 is 7.96. The van der Waals surface area contributed by atoms with Gasteiger partial charge in [0.1, 0.15) is 16.7 Å². The minimum absolute atomic E-state index is 0.0790. The number of thioether (sulfide) groups is 1. The van der Waals surface area contributed by atoms with Crippen molar-refractivity contribution < 1.29 is 9.53 Å². The molecule has 3 aromatic carbocycles. The van der Waals surface area contributed by atoms with Gasteiger partial charge < -0.3 is 10.1 Å². The van der Waals surface area contributed by atoms with Gasteiger partial charge in [-0.1, -0.05) is 59.8 Å². The van der Waals surface area contributed by atoms with E-state index in [0.717, 1.165) is 5.56 Å². The quantitative estimate of drug-likeness (QED) is 0.300. The standard InChI is InChI=1S/C25H16ClN3O3S2/c26-16-7-9-17(10-8-16)29-22(27-20-4-2-1-3-19(20)24(29)31)14-32-18-11-5-15(6-12-18)13-21-23(30)28-25(33)34-21/h1-13H,14H2,(H,28,30,33). The van der Waals surface area contributed by atoms with E-state index < -0.39 is 0 Å². The Morgan fingerprint density at radius 1 is 1.03 bits per heavy atom. The lowest BCUT2D eigenvalue weighted by Gasteiger charge is -2.14. The van der Waals surface area contributed by atoms with E-state index in [-0.39, 0.29) is 18.1 Å². The molecule has 0 aliphatic carbocycles. The molecule has 2 heterocycles. The Bertz CT molecular complexity index is 1510. The molecule has 0 bridgehead atoms. The van der Waals surface area contributed by atoms with Gasteiger partial charge in [-0.05, 0) is 60.2 Å². The monoisotopic (exact) mass is 505 g/mol. The number of carbonyl (C=O) groups is 1. The van der Waals surface area contributed by atoms with Crippen LogP contribution in [0.2, 0.25) is 5.02 Å². The molecule has 9 heteroatoms. The van der Waals surface area contributed by atoms with Crippen LogP contribution in [0, 0.1) is 0 Å². The van der Waals surface area contributed by atoms with E-state index in [9.17, 15) is 9.59 Å². The summed E-state index contributed by atoms with van der Waals surface area (Å²) >= 11 is 12.3. The molecule has 4 aromatic rings. The molecule has 1 saturated heterocycles. The molecule has 1 aliphatic heterocycles. The molecular formula is C25H16ClN3O3S2. The maximum atomic E-state index is 13.3. The largest absolute Gasteiger partial charge is 0.486 e.